The largest absolute Gasteiger partial charge is 0.342 e. The van der Waals surface area contributed by atoms with E-state index in [2.05, 4.69) is 53.4 Å². The van der Waals surface area contributed by atoms with Crippen LogP contribution >= 0.6 is 0 Å². The van der Waals surface area contributed by atoms with E-state index in [1.54, 1.807) is 0 Å². The summed E-state index contributed by atoms with van der Waals surface area (Å²) in [5.41, 5.74) is 1.45. The van der Waals surface area contributed by atoms with E-state index in [0.29, 0.717) is 11.9 Å². The molecule has 2 fully saturated rings. The fraction of sp³-hybridized carbons (Fsp3) is 0.750. The van der Waals surface area contributed by atoms with Crippen molar-refractivity contribution in [1.82, 2.24) is 19.7 Å². The van der Waals surface area contributed by atoms with Gasteiger partial charge >= 0.3 is 0 Å². The van der Waals surface area contributed by atoms with Crippen LogP contribution in [-0.2, 0) is 11.3 Å². The molecule has 1 amide bonds. The fourth-order valence-corrected chi connectivity index (χ4v) is 4.91. The van der Waals surface area contributed by atoms with E-state index in [0.717, 1.165) is 58.7 Å². The number of amides is 1. The molecule has 1 aromatic heterocycles. The van der Waals surface area contributed by atoms with Crippen molar-refractivity contribution < 1.29 is 4.79 Å². The Balaban J connectivity index is 1.50. The summed E-state index contributed by atoms with van der Waals surface area (Å²) in [6.45, 7) is 15.8. The molecule has 3 heterocycles. The van der Waals surface area contributed by atoms with Crippen LogP contribution in [0.2, 0.25) is 0 Å². The van der Waals surface area contributed by atoms with Gasteiger partial charge in [0.25, 0.3) is 0 Å². The predicted octanol–water partition coefficient (Wildman–Crippen LogP) is 3.65. The predicted molar refractivity (Wildman–Crippen MR) is 119 cm³/mol. The van der Waals surface area contributed by atoms with Gasteiger partial charge in [0.1, 0.15) is 0 Å². The molecule has 162 valence electrons. The van der Waals surface area contributed by atoms with Gasteiger partial charge in [-0.25, -0.2) is 0 Å². The van der Waals surface area contributed by atoms with Gasteiger partial charge in [0, 0.05) is 44.6 Å². The normalized spacial score (nSPS) is 22.6. The number of hydrogen-bond acceptors (Lipinski definition) is 4. The van der Waals surface area contributed by atoms with E-state index in [4.69, 9.17) is 0 Å². The monoisotopic (exact) mass is 400 g/mol. The molecule has 1 aromatic rings. The zero-order valence-corrected chi connectivity index (χ0v) is 18.9. The van der Waals surface area contributed by atoms with Crippen LogP contribution in [-0.4, -0.2) is 70.9 Å². The van der Waals surface area contributed by atoms with Crippen molar-refractivity contribution in [3.05, 3.63) is 30.1 Å². The van der Waals surface area contributed by atoms with Crippen LogP contribution in [0.15, 0.2) is 24.5 Å². The van der Waals surface area contributed by atoms with Crippen LogP contribution in [0.5, 0.6) is 0 Å². The summed E-state index contributed by atoms with van der Waals surface area (Å²) in [6, 6.07) is 4.82. The Labute approximate surface area is 177 Å². The molecule has 2 aliphatic heterocycles. The molecule has 0 N–H and O–H groups in total. The maximum Gasteiger partial charge on any atom is 0.226 e. The number of carbonyl (C=O) groups excluding carboxylic acids is 1. The molecule has 2 aliphatic rings. The third kappa shape index (κ3) is 6.51. The van der Waals surface area contributed by atoms with Gasteiger partial charge < -0.3 is 4.90 Å². The first kappa shape index (κ1) is 22.2. The minimum Gasteiger partial charge on any atom is -0.342 e. The maximum atomic E-state index is 13.2. The van der Waals surface area contributed by atoms with Gasteiger partial charge in [-0.1, -0.05) is 26.8 Å². The lowest BCUT2D eigenvalue weighted by Crippen LogP contribution is -2.51. The summed E-state index contributed by atoms with van der Waals surface area (Å²) in [5, 5.41) is 0. The van der Waals surface area contributed by atoms with Crippen molar-refractivity contribution in [1.29, 1.82) is 0 Å². The number of rotatable bonds is 6. The van der Waals surface area contributed by atoms with Crippen molar-refractivity contribution in [2.75, 3.05) is 39.3 Å². The molecule has 0 aromatic carbocycles. The Morgan fingerprint density at radius 3 is 2.59 bits per heavy atom. The molecule has 1 unspecified atom stereocenters. The van der Waals surface area contributed by atoms with Gasteiger partial charge in [-0.05, 0) is 69.3 Å². The summed E-state index contributed by atoms with van der Waals surface area (Å²) in [5.74, 6) is 0.556. The summed E-state index contributed by atoms with van der Waals surface area (Å²) in [4.78, 5) is 24.7. The molecule has 0 aliphatic carbocycles. The number of hydrogen-bond donors (Lipinski definition) is 0. The minimum atomic E-state index is 0.154. The van der Waals surface area contributed by atoms with Crippen LogP contribution in [0, 0.1) is 11.3 Å². The topological polar surface area (TPSA) is 39.7 Å². The van der Waals surface area contributed by atoms with E-state index >= 15 is 0 Å². The van der Waals surface area contributed by atoms with Crippen LogP contribution in [0.3, 0.4) is 0 Å². The Kier molecular flexibility index (Phi) is 7.69. The molecule has 0 spiro atoms. The van der Waals surface area contributed by atoms with E-state index in [1.807, 2.05) is 18.5 Å². The molecule has 5 heteroatoms. The quantitative estimate of drug-likeness (QED) is 0.731. The van der Waals surface area contributed by atoms with E-state index in [9.17, 15) is 4.79 Å². The second-order valence-corrected chi connectivity index (χ2v) is 10.1. The molecule has 0 bridgehead atoms. The average molecular weight is 401 g/mol. The van der Waals surface area contributed by atoms with Crippen molar-refractivity contribution in [3.63, 3.8) is 0 Å². The molecule has 3 rings (SSSR count). The summed E-state index contributed by atoms with van der Waals surface area (Å²) in [7, 11) is 0. The van der Waals surface area contributed by atoms with Crippen molar-refractivity contribution in [2.24, 2.45) is 11.3 Å². The molecule has 0 saturated carbocycles. The Morgan fingerprint density at radius 2 is 1.97 bits per heavy atom. The Hall–Kier alpha value is -1.46. The molecular weight excluding hydrogens is 360 g/mol. The SMILES string of the molecule is CCN(CC(C)(C)C)C(=O)C1CCCN(C2CCN(Cc3cccnc3)CC2)C1. The highest BCUT2D eigenvalue weighted by molar-refractivity contribution is 5.79. The number of pyridine rings is 1. The zero-order valence-electron chi connectivity index (χ0n) is 18.9. The van der Waals surface area contributed by atoms with Gasteiger partial charge in [-0.3, -0.25) is 19.6 Å². The highest BCUT2D eigenvalue weighted by Gasteiger charge is 2.34. The summed E-state index contributed by atoms with van der Waals surface area (Å²) >= 11 is 0. The third-order valence-electron chi connectivity index (χ3n) is 6.36. The van der Waals surface area contributed by atoms with Crippen LogP contribution in [0.4, 0.5) is 0 Å². The molecular formula is C24H40N4O. The zero-order chi connectivity index (χ0) is 20.9. The molecule has 29 heavy (non-hydrogen) atoms. The number of nitrogens with zero attached hydrogens (tertiary/aromatic N) is 4. The average Bonchev–Trinajstić information content (AvgIpc) is 2.72. The summed E-state index contributed by atoms with van der Waals surface area (Å²) in [6.07, 6.45) is 8.44. The number of likely N-dealkylation sites (tertiary alicyclic amines) is 2. The van der Waals surface area contributed by atoms with Crippen molar-refractivity contribution in [3.8, 4) is 0 Å². The standard InChI is InChI=1S/C24H40N4O/c1-5-27(19-24(2,3)4)23(29)21-9-7-13-28(18-21)22-10-14-26(15-11-22)17-20-8-6-12-25-16-20/h6,8,12,16,21-22H,5,7,9-11,13-15,17-19H2,1-4H3. The maximum absolute atomic E-state index is 13.2. The van der Waals surface area contributed by atoms with Crippen LogP contribution in [0.1, 0.15) is 58.9 Å². The van der Waals surface area contributed by atoms with Crippen molar-refractivity contribution in [2.45, 2.75) is 66.0 Å². The molecule has 2 saturated heterocycles. The van der Waals surface area contributed by atoms with E-state index < -0.39 is 0 Å². The molecule has 1 atom stereocenters. The number of piperidine rings is 2. The van der Waals surface area contributed by atoms with Gasteiger partial charge in [0.15, 0.2) is 0 Å². The van der Waals surface area contributed by atoms with Gasteiger partial charge in [0.05, 0.1) is 5.92 Å². The van der Waals surface area contributed by atoms with Gasteiger partial charge in [0.2, 0.25) is 5.91 Å². The smallest absolute Gasteiger partial charge is 0.226 e. The Bertz CT molecular complexity index is 634. The minimum absolute atomic E-state index is 0.154. The lowest BCUT2D eigenvalue weighted by molar-refractivity contribution is -0.139. The Morgan fingerprint density at radius 1 is 1.21 bits per heavy atom. The second kappa shape index (κ2) is 10.0. The second-order valence-electron chi connectivity index (χ2n) is 10.1. The van der Waals surface area contributed by atoms with E-state index in [1.165, 1.54) is 18.4 Å². The van der Waals surface area contributed by atoms with E-state index in [-0.39, 0.29) is 11.3 Å². The van der Waals surface area contributed by atoms with Crippen molar-refractivity contribution >= 4 is 5.91 Å². The van der Waals surface area contributed by atoms with Gasteiger partial charge in [-0.2, -0.15) is 0 Å². The van der Waals surface area contributed by atoms with Crippen LogP contribution < -0.4 is 0 Å². The first-order valence-corrected chi connectivity index (χ1v) is 11.5. The highest BCUT2D eigenvalue weighted by Crippen LogP contribution is 2.26. The van der Waals surface area contributed by atoms with Gasteiger partial charge in [-0.15, -0.1) is 0 Å². The highest BCUT2D eigenvalue weighted by atomic mass is 16.2. The fourth-order valence-electron chi connectivity index (χ4n) is 4.91. The molecule has 5 nitrogen and oxygen atoms in total. The summed E-state index contributed by atoms with van der Waals surface area (Å²) < 4.78 is 0. The van der Waals surface area contributed by atoms with Crippen LogP contribution in [0.25, 0.3) is 0 Å². The third-order valence-corrected chi connectivity index (χ3v) is 6.36. The molecule has 0 radical (unpaired) electrons. The first-order valence-electron chi connectivity index (χ1n) is 11.5. The lowest BCUT2D eigenvalue weighted by atomic mass is 9.91. The number of aromatic nitrogens is 1. The first-order chi connectivity index (χ1) is 13.9. The lowest BCUT2D eigenvalue weighted by Gasteiger charge is -2.43. The number of carbonyl (C=O) groups is 1.